The number of ether oxygens (including phenoxy) is 2. The van der Waals surface area contributed by atoms with Crippen molar-refractivity contribution < 1.29 is 33.4 Å². The van der Waals surface area contributed by atoms with Gasteiger partial charge in [0.1, 0.15) is 11.5 Å². The van der Waals surface area contributed by atoms with Gasteiger partial charge in [0.15, 0.2) is 0 Å². The molecule has 0 aromatic heterocycles. The fraction of sp³-hybridized carbons (Fsp3) is 0.294. The summed E-state index contributed by atoms with van der Waals surface area (Å²) in [5.41, 5.74) is 1.96. The largest absolute Gasteiger partial charge is 1.00 e. The summed E-state index contributed by atoms with van der Waals surface area (Å²) in [6.07, 6.45) is 0. The van der Waals surface area contributed by atoms with Crippen LogP contribution in [-0.2, 0) is 11.0 Å². The second-order valence-corrected chi connectivity index (χ2v) is 5.57. The van der Waals surface area contributed by atoms with Crippen molar-refractivity contribution in [2.75, 3.05) is 14.2 Å². The molecule has 3 nitrogen and oxygen atoms in total. The van der Waals surface area contributed by atoms with Crippen LogP contribution >= 0.6 is 0 Å². The third kappa shape index (κ3) is 1.27. The van der Waals surface area contributed by atoms with Crippen LogP contribution in [0.1, 0.15) is 29.2 Å². The molecule has 2 aromatic rings. The molecule has 0 spiro atoms. The third-order valence-corrected chi connectivity index (χ3v) is 4.98. The van der Waals surface area contributed by atoms with Crippen molar-refractivity contribution in [2.24, 2.45) is 0 Å². The summed E-state index contributed by atoms with van der Waals surface area (Å²) in [6.45, 7) is 2.02. The Balaban J connectivity index is 0.00000132. The number of methoxy groups -OCH3 is 2. The number of benzene rings is 2. The number of fused-ring (bicyclic) bond motifs is 7. The molecule has 2 aromatic carbocycles. The van der Waals surface area contributed by atoms with Gasteiger partial charge in [-0.25, -0.2) is 0 Å². The van der Waals surface area contributed by atoms with Crippen LogP contribution in [0, 0.1) is 0 Å². The van der Waals surface area contributed by atoms with Gasteiger partial charge in [-0.1, -0.05) is 31.2 Å². The summed E-state index contributed by atoms with van der Waals surface area (Å²) in [5, 5.41) is 13.5. The molecule has 21 heavy (non-hydrogen) atoms. The van der Waals surface area contributed by atoms with E-state index >= 15 is 0 Å². The minimum atomic E-state index is -1.25. The van der Waals surface area contributed by atoms with Crippen molar-refractivity contribution in [1.82, 2.24) is 0 Å². The molecule has 0 bridgehead atoms. The van der Waals surface area contributed by atoms with E-state index in [4.69, 9.17) is 9.47 Å². The fourth-order valence-corrected chi connectivity index (χ4v) is 3.99. The minimum absolute atomic E-state index is 0. The van der Waals surface area contributed by atoms with E-state index < -0.39 is 11.0 Å². The zero-order valence-corrected chi connectivity index (χ0v) is 12.7. The Bertz CT molecular complexity index is 683. The van der Waals surface area contributed by atoms with Gasteiger partial charge in [0.05, 0.1) is 14.2 Å². The van der Waals surface area contributed by atoms with Crippen molar-refractivity contribution in [2.45, 2.75) is 17.9 Å². The Morgan fingerprint density at radius 1 is 0.857 bits per heavy atom. The second kappa shape index (κ2) is 4.30. The fourth-order valence-electron chi connectivity index (χ4n) is 3.99. The number of hydrogen-bond donors (Lipinski definition) is 0. The normalized spacial score (nSPS) is 27.0. The molecule has 0 heterocycles. The molecule has 0 atom stereocenters. The maximum absolute atomic E-state index is 13.5. The Morgan fingerprint density at radius 3 is 1.67 bits per heavy atom. The molecule has 0 amide bonds. The zero-order chi connectivity index (χ0) is 14.1. The molecule has 0 fully saturated rings. The summed E-state index contributed by atoms with van der Waals surface area (Å²) >= 11 is 0. The van der Waals surface area contributed by atoms with E-state index in [1.54, 1.807) is 14.2 Å². The molecule has 0 unspecified atom stereocenters. The molecule has 0 aliphatic heterocycles. The van der Waals surface area contributed by atoms with Crippen LogP contribution in [0.5, 0.6) is 11.5 Å². The summed E-state index contributed by atoms with van der Waals surface area (Å²) in [5.74, 6) is 1.35. The predicted octanol–water partition coefficient (Wildman–Crippen LogP) is -1.06. The average Bonchev–Trinajstić information content (AvgIpc) is 2.51. The maximum Gasteiger partial charge on any atom is 1.00 e. The first kappa shape index (κ1) is 14.5. The van der Waals surface area contributed by atoms with Gasteiger partial charge < -0.3 is 14.6 Å². The molecule has 0 radical (unpaired) electrons. The van der Waals surface area contributed by atoms with Crippen LogP contribution in [0.2, 0.25) is 0 Å². The molecule has 0 saturated carbocycles. The minimum Gasteiger partial charge on any atom is -0.841 e. The maximum atomic E-state index is 13.5. The Morgan fingerprint density at radius 2 is 1.29 bits per heavy atom. The van der Waals surface area contributed by atoms with Gasteiger partial charge in [-0.3, -0.25) is 0 Å². The molecule has 2 aliphatic carbocycles. The van der Waals surface area contributed by atoms with Crippen LogP contribution < -0.4 is 33.4 Å². The van der Waals surface area contributed by atoms with E-state index in [2.05, 4.69) is 0 Å². The van der Waals surface area contributed by atoms with Crippen LogP contribution in [0.25, 0.3) is 0 Å². The van der Waals surface area contributed by atoms with E-state index in [1.165, 1.54) is 0 Å². The van der Waals surface area contributed by atoms with Crippen molar-refractivity contribution in [3.05, 3.63) is 58.7 Å². The van der Waals surface area contributed by atoms with Gasteiger partial charge >= 0.3 is 18.9 Å². The van der Waals surface area contributed by atoms with Gasteiger partial charge in [-0.2, -0.15) is 0 Å². The number of rotatable bonds is 2. The van der Waals surface area contributed by atoms with E-state index in [-0.39, 0.29) is 18.9 Å². The van der Waals surface area contributed by atoms with Crippen molar-refractivity contribution >= 4 is 0 Å². The van der Waals surface area contributed by atoms with E-state index in [0.717, 1.165) is 22.3 Å². The second-order valence-electron chi connectivity index (χ2n) is 5.57. The first-order chi connectivity index (χ1) is 9.60. The standard InChI is InChI=1S/C17H15O3.Li/c1-16-10-6-4-8-12(19-2)14(10)17(16,18)15-11(16)7-5-9-13(15)20-3;/h4-9H,1-3H3;/q-1;+1. The zero-order valence-electron chi connectivity index (χ0n) is 12.7. The topological polar surface area (TPSA) is 41.5 Å². The van der Waals surface area contributed by atoms with Gasteiger partial charge in [0.25, 0.3) is 0 Å². The van der Waals surface area contributed by atoms with Gasteiger partial charge in [0.2, 0.25) is 0 Å². The summed E-state index contributed by atoms with van der Waals surface area (Å²) < 4.78 is 10.8. The van der Waals surface area contributed by atoms with Crippen LogP contribution in [0.3, 0.4) is 0 Å². The summed E-state index contributed by atoms with van der Waals surface area (Å²) in [7, 11) is 3.22. The third-order valence-electron chi connectivity index (χ3n) is 4.98. The molecule has 0 saturated heterocycles. The summed E-state index contributed by atoms with van der Waals surface area (Å²) in [6, 6.07) is 11.6. The quantitative estimate of drug-likeness (QED) is 0.656. The Hall–Kier alpha value is -1.40. The van der Waals surface area contributed by atoms with E-state index in [0.29, 0.717) is 11.5 Å². The van der Waals surface area contributed by atoms with Gasteiger partial charge in [-0.15, -0.1) is 0 Å². The number of hydrogen-bond acceptors (Lipinski definition) is 3. The van der Waals surface area contributed by atoms with Gasteiger partial charge in [0, 0.05) is 5.41 Å². The molecule has 4 heteroatoms. The van der Waals surface area contributed by atoms with Crippen LogP contribution in [0.15, 0.2) is 36.4 Å². The average molecular weight is 274 g/mol. The Kier molecular flexibility index (Phi) is 2.98. The van der Waals surface area contributed by atoms with Crippen LogP contribution in [-0.4, -0.2) is 14.2 Å². The summed E-state index contributed by atoms with van der Waals surface area (Å²) in [4.78, 5) is 0. The van der Waals surface area contributed by atoms with Crippen LogP contribution in [0.4, 0.5) is 0 Å². The molecular formula is C17H15LiO3. The predicted molar refractivity (Wildman–Crippen MR) is 73.2 cm³/mol. The SMILES string of the molecule is COc1cccc2c1C1([O-])c3c(OC)cccc3C21C.[Li+]. The molecule has 2 aliphatic rings. The molecule has 4 rings (SSSR count). The smallest absolute Gasteiger partial charge is 0.841 e. The van der Waals surface area contributed by atoms with Crippen molar-refractivity contribution in [3.63, 3.8) is 0 Å². The molecule has 102 valence electrons. The van der Waals surface area contributed by atoms with Crippen molar-refractivity contribution in [3.8, 4) is 11.5 Å². The Labute approximate surface area is 136 Å². The van der Waals surface area contributed by atoms with E-state index in [1.807, 2.05) is 43.3 Å². The molecular weight excluding hydrogens is 259 g/mol. The monoisotopic (exact) mass is 274 g/mol. The van der Waals surface area contributed by atoms with E-state index in [9.17, 15) is 5.11 Å². The first-order valence-corrected chi connectivity index (χ1v) is 6.67. The van der Waals surface area contributed by atoms with Gasteiger partial charge in [-0.05, 0) is 40.0 Å². The van der Waals surface area contributed by atoms with Crippen molar-refractivity contribution in [1.29, 1.82) is 0 Å². The first-order valence-electron chi connectivity index (χ1n) is 6.67. The molecule has 0 N–H and O–H groups in total.